The highest BCUT2D eigenvalue weighted by Gasteiger charge is 2.40. The van der Waals surface area contributed by atoms with E-state index in [1.54, 1.807) is 6.33 Å². The Kier molecular flexibility index (Phi) is 4.47. The van der Waals surface area contributed by atoms with Crippen LogP contribution in [0.15, 0.2) is 84.7 Å². The van der Waals surface area contributed by atoms with Crippen LogP contribution in [0.25, 0.3) is 5.70 Å². The molecule has 0 saturated carbocycles. The average molecular weight is 436 g/mol. The smallest absolute Gasteiger partial charge is 0.226 e. The van der Waals surface area contributed by atoms with E-state index >= 15 is 0 Å². The molecule has 0 aliphatic carbocycles. The summed E-state index contributed by atoms with van der Waals surface area (Å²) in [4.78, 5) is 6.60. The summed E-state index contributed by atoms with van der Waals surface area (Å²) in [6, 6.07) is 25.3. The van der Waals surface area contributed by atoms with Gasteiger partial charge in [-0.3, -0.25) is 0 Å². The van der Waals surface area contributed by atoms with E-state index in [-0.39, 0.29) is 12.1 Å². The van der Waals surface area contributed by atoms with Gasteiger partial charge in [-0.15, -0.1) is 0 Å². The maximum absolute atomic E-state index is 6.68. The molecule has 1 N–H and O–H groups in total. The van der Waals surface area contributed by atoms with Gasteiger partial charge in [-0.2, -0.15) is 10.1 Å². The van der Waals surface area contributed by atoms with Crippen LogP contribution in [0.3, 0.4) is 0 Å². The Labute approximate surface area is 193 Å². The molecule has 164 valence electrons. The van der Waals surface area contributed by atoms with Crippen LogP contribution < -0.4 is 15.0 Å². The number of nitrogens with zero attached hydrogens (tertiary/aromatic N) is 4. The Bertz CT molecular complexity index is 1350. The largest absolute Gasteiger partial charge is 0.480 e. The number of ether oxygens (including phenoxy) is 1. The fourth-order valence-corrected chi connectivity index (χ4v) is 4.71. The Morgan fingerprint density at radius 3 is 2.39 bits per heavy atom. The van der Waals surface area contributed by atoms with E-state index in [0.717, 1.165) is 45.3 Å². The first kappa shape index (κ1) is 19.6. The van der Waals surface area contributed by atoms with Crippen molar-refractivity contribution in [3.8, 4) is 5.75 Å². The Morgan fingerprint density at radius 1 is 0.909 bits per heavy atom. The predicted molar refractivity (Wildman–Crippen MR) is 130 cm³/mol. The number of rotatable bonds is 3. The predicted octanol–water partition coefficient (Wildman–Crippen LogP) is 5.21. The van der Waals surface area contributed by atoms with Gasteiger partial charge in [-0.05, 0) is 42.3 Å². The van der Waals surface area contributed by atoms with Gasteiger partial charge in [0.25, 0.3) is 0 Å². The van der Waals surface area contributed by atoms with Gasteiger partial charge in [0, 0.05) is 30.9 Å². The lowest BCUT2D eigenvalue weighted by molar-refractivity contribution is 0.223. The molecule has 0 saturated heterocycles. The summed E-state index contributed by atoms with van der Waals surface area (Å²) in [6.07, 6.45) is 1.34. The van der Waals surface area contributed by atoms with Crippen LogP contribution in [-0.4, -0.2) is 28.9 Å². The molecule has 2 aliphatic heterocycles. The van der Waals surface area contributed by atoms with Crippen LogP contribution in [0.1, 0.15) is 34.4 Å². The van der Waals surface area contributed by atoms with Crippen molar-refractivity contribution in [1.29, 1.82) is 0 Å². The number of aryl methyl sites for hydroxylation is 1. The monoisotopic (exact) mass is 435 g/mol. The molecule has 6 heteroatoms. The first-order chi connectivity index (χ1) is 16.1. The summed E-state index contributed by atoms with van der Waals surface area (Å²) < 4.78 is 8.64. The van der Waals surface area contributed by atoms with Gasteiger partial charge in [0.1, 0.15) is 24.2 Å². The van der Waals surface area contributed by atoms with Crippen molar-refractivity contribution in [3.05, 3.63) is 107 Å². The number of fused-ring (bicyclic) bond motifs is 3. The van der Waals surface area contributed by atoms with Gasteiger partial charge in [0.05, 0.1) is 5.70 Å². The zero-order valence-electron chi connectivity index (χ0n) is 18.9. The summed E-state index contributed by atoms with van der Waals surface area (Å²) in [5.74, 6) is 1.60. The third-order valence-corrected chi connectivity index (χ3v) is 6.43. The van der Waals surface area contributed by atoms with Crippen LogP contribution in [0.4, 0.5) is 11.6 Å². The highest BCUT2D eigenvalue weighted by molar-refractivity contribution is 5.85. The minimum atomic E-state index is -0.262. The molecule has 4 aromatic rings. The van der Waals surface area contributed by atoms with Crippen LogP contribution in [0, 0.1) is 6.92 Å². The number of nitrogens with one attached hydrogen (secondary N) is 1. The van der Waals surface area contributed by atoms with Gasteiger partial charge < -0.3 is 15.0 Å². The number of hydrogen-bond donors (Lipinski definition) is 1. The molecular formula is C27H25N5O. The molecule has 0 amide bonds. The van der Waals surface area contributed by atoms with Crippen LogP contribution >= 0.6 is 0 Å². The molecule has 0 bridgehead atoms. The zero-order valence-corrected chi connectivity index (χ0v) is 18.9. The minimum Gasteiger partial charge on any atom is -0.480 e. The molecule has 0 unspecified atom stereocenters. The number of hydrogen-bond acceptors (Lipinski definition) is 5. The molecule has 3 heterocycles. The lowest BCUT2D eigenvalue weighted by Crippen LogP contribution is -2.32. The van der Waals surface area contributed by atoms with Gasteiger partial charge in [-0.25, -0.2) is 4.68 Å². The summed E-state index contributed by atoms with van der Waals surface area (Å²) in [5.41, 5.74) is 7.85. The molecule has 3 aromatic carbocycles. The maximum atomic E-state index is 6.68. The Balaban J connectivity index is 1.58. The van der Waals surface area contributed by atoms with Crippen LogP contribution in [0.5, 0.6) is 5.75 Å². The summed E-state index contributed by atoms with van der Waals surface area (Å²) in [5, 5.41) is 8.15. The Hall–Kier alpha value is -4.06. The van der Waals surface area contributed by atoms with E-state index in [1.165, 1.54) is 5.56 Å². The standard InChI is InChI=1S/C27H25N5O/c1-17-8-10-18(11-9-17)25-23-24(30-27-28-16-29-32(25)27)21-6-4-5-7-22(21)33-26(23)19-12-14-20(15-13-19)31(2)3/h4-16,25-26H,1-3H3,(H,28,29,30)/t25-,26+/m0/s1. The second kappa shape index (κ2) is 7.52. The van der Waals surface area contributed by atoms with E-state index in [1.807, 2.05) is 37.0 Å². The average Bonchev–Trinajstić information content (AvgIpc) is 3.31. The quantitative estimate of drug-likeness (QED) is 0.479. The fraction of sp³-hybridized carbons (Fsp3) is 0.185. The maximum Gasteiger partial charge on any atom is 0.226 e. The third kappa shape index (κ3) is 3.18. The Morgan fingerprint density at radius 2 is 1.64 bits per heavy atom. The first-order valence-electron chi connectivity index (χ1n) is 11.1. The van der Waals surface area contributed by atoms with Crippen molar-refractivity contribution in [2.75, 3.05) is 24.3 Å². The molecule has 6 rings (SSSR count). The van der Waals surface area contributed by atoms with Gasteiger partial charge >= 0.3 is 0 Å². The van der Waals surface area contributed by atoms with Crippen molar-refractivity contribution in [3.63, 3.8) is 0 Å². The lowest BCUT2D eigenvalue weighted by atomic mass is 9.84. The third-order valence-electron chi connectivity index (χ3n) is 6.43. The van der Waals surface area contributed by atoms with E-state index in [2.05, 4.69) is 81.8 Å². The second-order valence-corrected chi connectivity index (χ2v) is 8.78. The molecule has 2 atom stereocenters. The molecule has 0 fully saturated rings. The number of anilines is 2. The van der Waals surface area contributed by atoms with Crippen molar-refractivity contribution >= 4 is 17.3 Å². The highest BCUT2D eigenvalue weighted by atomic mass is 16.5. The van der Waals surface area contributed by atoms with E-state index in [4.69, 9.17) is 4.74 Å². The van der Waals surface area contributed by atoms with Crippen molar-refractivity contribution in [2.45, 2.75) is 19.1 Å². The van der Waals surface area contributed by atoms with E-state index in [9.17, 15) is 0 Å². The summed E-state index contributed by atoms with van der Waals surface area (Å²) >= 11 is 0. The normalized spacial score (nSPS) is 18.5. The fourth-order valence-electron chi connectivity index (χ4n) is 4.71. The lowest BCUT2D eigenvalue weighted by Gasteiger charge is -2.39. The van der Waals surface area contributed by atoms with Crippen molar-refractivity contribution < 1.29 is 4.74 Å². The van der Waals surface area contributed by atoms with Crippen LogP contribution in [-0.2, 0) is 0 Å². The zero-order chi connectivity index (χ0) is 22.5. The molecule has 0 radical (unpaired) electrons. The molecule has 0 spiro atoms. The molecule has 2 aliphatic rings. The van der Waals surface area contributed by atoms with Gasteiger partial charge in [0.15, 0.2) is 0 Å². The number of benzene rings is 3. The summed E-state index contributed by atoms with van der Waals surface area (Å²) in [7, 11) is 4.10. The molecular weight excluding hydrogens is 410 g/mol. The van der Waals surface area contributed by atoms with E-state index in [0.29, 0.717) is 0 Å². The molecule has 1 aromatic heterocycles. The molecule has 6 nitrogen and oxygen atoms in total. The SMILES string of the molecule is Cc1ccc([C@H]2C3=C(Nc4ncnn42)c2ccccc2O[C@@H]3c2ccc(N(C)C)cc2)cc1. The van der Waals surface area contributed by atoms with E-state index < -0.39 is 0 Å². The summed E-state index contributed by atoms with van der Waals surface area (Å²) in [6.45, 7) is 2.10. The van der Waals surface area contributed by atoms with Crippen LogP contribution in [0.2, 0.25) is 0 Å². The topological polar surface area (TPSA) is 55.2 Å². The number of para-hydroxylation sites is 1. The minimum absolute atomic E-state index is 0.133. The molecule has 33 heavy (non-hydrogen) atoms. The highest BCUT2D eigenvalue weighted by Crippen LogP contribution is 2.50. The number of aromatic nitrogens is 3. The first-order valence-corrected chi connectivity index (χ1v) is 11.1. The van der Waals surface area contributed by atoms with Gasteiger partial charge in [-0.1, -0.05) is 54.1 Å². The van der Waals surface area contributed by atoms with Crippen molar-refractivity contribution in [2.24, 2.45) is 0 Å². The van der Waals surface area contributed by atoms with Gasteiger partial charge in [0.2, 0.25) is 5.95 Å². The second-order valence-electron chi connectivity index (χ2n) is 8.78. The van der Waals surface area contributed by atoms with Crippen molar-refractivity contribution in [1.82, 2.24) is 14.8 Å².